The average molecular weight is 318 g/mol. The molecule has 0 heterocycles. The lowest BCUT2D eigenvalue weighted by atomic mass is 10.5. The fraction of sp³-hybridized carbons (Fsp3) is 0.889. The first-order valence-corrected chi connectivity index (χ1v) is 7.12. The van der Waals surface area contributed by atoms with Crippen molar-refractivity contribution in [2.45, 2.75) is 33.8 Å². The Morgan fingerprint density at radius 3 is 1.92 bits per heavy atom. The molecule has 13 heavy (non-hydrogen) atoms. The standard InChI is InChI=1S/C9H20O2P.HI/c1-6-12(5,7-2)9(10)11-8(3)4;/h8H,6-7H2,1-5H3;1H/q+1;/p-1. The second kappa shape index (κ2) is 6.99. The van der Waals surface area contributed by atoms with Crippen molar-refractivity contribution in [2.75, 3.05) is 19.0 Å². The summed E-state index contributed by atoms with van der Waals surface area (Å²) in [6, 6.07) is 0. The van der Waals surface area contributed by atoms with E-state index in [-0.39, 0.29) is 35.8 Å². The van der Waals surface area contributed by atoms with Gasteiger partial charge in [0.1, 0.15) is 7.26 Å². The molecule has 0 saturated heterocycles. The highest BCUT2D eigenvalue weighted by atomic mass is 127. The third-order valence-electron chi connectivity index (χ3n) is 2.17. The van der Waals surface area contributed by atoms with Gasteiger partial charge in [-0.2, -0.15) is 0 Å². The van der Waals surface area contributed by atoms with Crippen molar-refractivity contribution in [3.63, 3.8) is 0 Å². The van der Waals surface area contributed by atoms with Crippen LogP contribution in [0.3, 0.4) is 0 Å². The minimum Gasteiger partial charge on any atom is -1.00 e. The van der Waals surface area contributed by atoms with Gasteiger partial charge in [-0.1, -0.05) is 0 Å². The first kappa shape index (κ1) is 16.1. The molecule has 0 aliphatic heterocycles. The van der Waals surface area contributed by atoms with Crippen molar-refractivity contribution in [3.05, 3.63) is 0 Å². The molecular formula is C9H20IO2P. The average Bonchev–Trinajstić information content (AvgIpc) is 2.02. The number of halogens is 1. The molecule has 0 aliphatic rings. The minimum atomic E-state index is -1.44. The summed E-state index contributed by atoms with van der Waals surface area (Å²) in [5, 5.41) is 0. The Morgan fingerprint density at radius 2 is 1.69 bits per heavy atom. The third-order valence-corrected chi connectivity index (χ3v) is 5.95. The zero-order valence-corrected chi connectivity index (χ0v) is 12.2. The Bertz CT molecular complexity index is 156. The highest BCUT2D eigenvalue weighted by molar-refractivity contribution is 7.89. The first-order valence-electron chi connectivity index (χ1n) is 4.52. The van der Waals surface area contributed by atoms with Crippen LogP contribution >= 0.6 is 7.26 Å². The highest BCUT2D eigenvalue weighted by Gasteiger charge is 2.39. The number of hydrogen-bond acceptors (Lipinski definition) is 2. The molecule has 0 N–H and O–H groups in total. The van der Waals surface area contributed by atoms with Crippen LogP contribution in [0.2, 0.25) is 0 Å². The molecule has 0 atom stereocenters. The lowest BCUT2D eigenvalue weighted by molar-refractivity contribution is -0.00000947. The van der Waals surface area contributed by atoms with Crippen molar-refractivity contribution in [1.29, 1.82) is 0 Å². The Morgan fingerprint density at radius 1 is 1.31 bits per heavy atom. The van der Waals surface area contributed by atoms with Crippen molar-refractivity contribution in [2.24, 2.45) is 0 Å². The van der Waals surface area contributed by atoms with E-state index in [9.17, 15) is 4.79 Å². The van der Waals surface area contributed by atoms with Crippen LogP contribution in [0.1, 0.15) is 27.7 Å². The van der Waals surface area contributed by atoms with Gasteiger partial charge in [-0.15, -0.1) is 0 Å². The van der Waals surface area contributed by atoms with E-state index < -0.39 is 7.26 Å². The second-order valence-corrected chi connectivity index (χ2v) is 7.88. The van der Waals surface area contributed by atoms with Gasteiger partial charge in [0.05, 0.1) is 25.1 Å². The Kier molecular flexibility index (Phi) is 8.65. The van der Waals surface area contributed by atoms with Gasteiger partial charge in [-0.25, -0.2) is 4.79 Å². The first-order chi connectivity index (χ1) is 5.46. The molecule has 0 rings (SSSR count). The summed E-state index contributed by atoms with van der Waals surface area (Å²) in [7, 11) is -1.44. The van der Waals surface area contributed by atoms with Crippen molar-refractivity contribution >= 4 is 13.0 Å². The maximum absolute atomic E-state index is 11.6. The monoisotopic (exact) mass is 318 g/mol. The van der Waals surface area contributed by atoms with E-state index in [2.05, 4.69) is 20.5 Å². The van der Waals surface area contributed by atoms with Gasteiger partial charge in [-0.05, 0) is 27.7 Å². The summed E-state index contributed by atoms with van der Waals surface area (Å²) >= 11 is 0. The summed E-state index contributed by atoms with van der Waals surface area (Å²) in [6.07, 6.45) is 1.93. The van der Waals surface area contributed by atoms with Gasteiger partial charge >= 0.3 is 5.71 Å². The fourth-order valence-electron chi connectivity index (χ4n) is 0.811. The molecule has 0 spiro atoms. The Hall–Kier alpha value is 0.630. The molecule has 0 aliphatic carbocycles. The highest BCUT2D eigenvalue weighted by Crippen LogP contribution is 2.56. The van der Waals surface area contributed by atoms with Crippen LogP contribution < -0.4 is 24.0 Å². The number of hydrogen-bond donors (Lipinski definition) is 0. The fourth-order valence-corrected chi connectivity index (χ4v) is 2.24. The maximum Gasteiger partial charge on any atom is 0.450 e. The molecule has 0 aromatic rings. The minimum absolute atomic E-state index is 0. The topological polar surface area (TPSA) is 26.3 Å². The zero-order valence-electron chi connectivity index (χ0n) is 9.13. The number of carbonyl (C=O) groups is 1. The van der Waals surface area contributed by atoms with E-state index in [1.54, 1.807) is 0 Å². The predicted molar refractivity (Wildman–Crippen MR) is 55.5 cm³/mol. The summed E-state index contributed by atoms with van der Waals surface area (Å²) in [4.78, 5) is 11.6. The zero-order chi connectivity index (χ0) is 9.78. The van der Waals surface area contributed by atoms with E-state index in [1.165, 1.54) is 0 Å². The van der Waals surface area contributed by atoms with E-state index in [4.69, 9.17) is 4.74 Å². The summed E-state index contributed by atoms with van der Waals surface area (Å²) < 4.78 is 5.21. The Balaban J connectivity index is 0. The van der Waals surface area contributed by atoms with Crippen LogP contribution in [0.15, 0.2) is 0 Å². The van der Waals surface area contributed by atoms with E-state index in [0.29, 0.717) is 0 Å². The molecule has 0 saturated carbocycles. The summed E-state index contributed by atoms with van der Waals surface area (Å²) in [5.74, 6) is 0. The second-order valence-electron chi connectivity index (χ2n) is 3.46. The summed E-state index contributed by atoms with van der Waals surface area (Å²) in [6.45, 7) is 10.00. The largest absolute Gasteiger partial charge is 1.00 e. The van der Waals surface area contributed by atoms with Crippen LogP contribution in [-0.4, -0.2) is 30.8 Å². The molecule has 0 unspecified atom stereocenters. The maximum atomic E-state index is 11.6. The molecule has 0 amide bonds. The van der Waals surface area contributed by atoms with Gasteiger partial charge in [0.15, 0.2) is 0 Å². The molecule has 0 bridgehead atoms. The van der Waals surface area contributed by atoms with Crippen LogP contribution in [0.5, 0.6) is 0 Å². The molecule has 0 fully saturated rings. The summed E-state index contributed by atoms with van der Waals surface area (Å²) in [5.41, 5.74) is 0.0440. The smallest absolute Gasteiger partial charge is 0.450 e. The lowest BCUT2D eigenvalue weighted by Gasteiger charge is -2.17. The van der Waals surface area contributed by atoms with Crippen LogP contribution in [0.4, 0.5) is 4.79 Å². The molecule has 4 heteroatoms. The Labute approximate surface area is 99.2 Å². The number of ether oxygens (including phenoxy) is 1. The number of rotatable bonds is 4. The molecule has 0 aromatic heterocycles. The van der Waals surface area contributed by atoms with E-state index in [0.717, 1.165) is 12.3 Å². The predicted octanol–water partition coefficient (Wildman–Crippen LogP) is 0.223. The van der Waals surface area contributed by atoms with Crippen LogP contribution in [-0.2, 0) is 4.74 Å². The van der Waals surface area contributed by atoms with Crippen molar-refractivity contribution < 1.29 is 33.5 Å². The van der Waals surface area contributed by atoms with Crippen molar-refractivity contribution in [1.82, 2.24) is 0 Å². The lowest BCUT2D eigenvalue weighted by Crippen LogP contribution is -3.00. The van der Waals surface area contributed by atoms with Gasteiger partial charge in [0, 0.05) is 0 Å². The van der Waals surface area contributed by atoms with Crippen LogP contribution in [0, 0.1) is 0 Å². The van der Waals surface area contributed by atoms with Gasteiger partial charge in [-0.3, -0.25) is 0 Å². The SMILES string of the molecule is CC[P+](C)(CC)C(=O)OC(C)C.[I-]. The molecule has 0 aromatic carbocycles. The quantitative estimate of drug-likeness (QED) is 0.548. The molecule has 2 nitrogen and oxygen atoms in total. The van der Waals surface area contributed by atoms with E-state index >= 15 is 0 Å². The van der Waals surface area contributed by atoms with E-state index in [1.807, 2.05) is 13.8 Å². The van der Waals surface area contributed by atoms with Crippen LogP contribution in [0.25, 0.3) is 0 Å². The van der Waals surface area contributed by atoms with Gasteiger partial charge in [0.2, 0.25) is 0 Å². The van der Waals surface area contributed by atoms with Gasteiger partial charge in [0.25, 0.3) is 0 Å². The third kappa shape index (κ3) is 5.16. The van der Waals surface area contributed by atoms with Crippen molar-refractivity contribution in [3.8, 4) is 0 Å². The normalized spacial score (nSPS) is 10.9. The molecule has 0 radical (unpaired) electrons. The molecular weight excluding hydrogens is 298 g/mol. The number of carbonyl (C=O) groups excluding carboxylic acids is 1. The molecule has 80 valence electrons. The van der Waals surface area contributed by atoms with Gasteiger partial charge < -0.3 is 28.7 Å².